The minimum atomic E-state index is -0.369. The van der Waals surface area contributed by atoms with Crippen LogP contribution in [0.25, 0.3) is 0 Å². The molecule has 0 aromatic carbocycles. The molecule has 0 spiro atoms. The van der Waals surface area contributed by atoms with Gasteiger partial charge in [0.15, 0.2) is 0 Å². The monoisotopic (exact) mass is 1660 g/mol. The van der Waals surface area contributed by atoms with Crippen molar-refractivity contribution in [1.29, 1.82) is 59.5 Å². The minimum absolute atomic E-state index is 0.102. The van der Waals surface area contributed by atoms with E-state index in [0.717, 1.165) is 116 Å². The fraction of sp³-hybridized carbons (Fsp3) is 0.866. The van der Waals surface area contributed by atoms with Crippen LogP contribution in [0, 0.1) is 94.5 Å². The van der Waals surface area contributed by atoms with Gasteiger partial charge in [-0.2, -0.15) is 0 Å². The lowest BCUT2D eigenvalue weighted by Gasteiger charge is -2.25. The van der Waals surface area contributed by atoms with Crippen molar-refractivity contribution in [3.05, 3.63) is 0 Å². The maximum atomic E-state index is 9.48. The molecular weight excluding hydrogens is 1470 g/mol. The molecule has 0 aliphatic carbocycles. The molecule has 0 bridgehead atoms. The van der Waals surface area contributed by atoms with Gasteiger partial charge >= 0.3 is 0 Å². The van der Waals surface area contributed by atoms with E-state index in [2.05, 4.69) is 20.8 Å². The second kappa shape index (κ2) is 90.1. The summed E-state index contributed by atoms with van der Waals surface area (Å²) < 4.78 is 0. The first-order chi connectivity index (χ1) is 52.9. The summed E-state index contributed by atoms with van der Waals surface area (Å²) in [4.78, 5) is 0. The van der Waals surface area contributed by atoms with Crippen LogP contribution in [-0.4, -0.2) is 188 Å². The number of amidine groups is 11. The first kappa shape index (κ1) is 132. The van der Waals surface area contributed by atoms with Gasteiger partial charge in [-0.15, -0.1) is 0 Å². The molecule has 115 heavy (non-hydrogen) atoms. The van der Waals surface area contributed by atoms with Gasteiger partial charge in [-0.05, 0) is 163 Å². The van der Waals surface area contributed by atoms with Crippen molar-refractivity contribution in [3.8, 4) is 0 Å². The fourth-order valence-electron chi connectivity index (χ4n) is 8.90. The summed E-state index contributed by atoms with van der Waals surface area (Å²) in [5.74, 6) is 3.40. The number of aliphatic hydroxyl groups is 11. The summed E-state index contributed by atoms with van der Waals surface area (Å²) >= 11 is 0. The number of nitrogens with two attached hydrogens (primary N) is 11. The predicted octanol–water partition coefficient (Wildman–Crippen LogP) is 10.6. The van der Waals surface area contributed by atoms with Crippen molar-refractivity contribution < 1.29 is 56.2 Å². The highest BCUT2D eigenvalue weighted by Crippen LogP contribution is 2.22. The molecule has 0 amide bonds. The normalized spacial score (nSPS) is 13.8. The van der Waals surface area contributed by atoms with Gasteiger partial charge in [0.2, 0.25) is 0 Å². The molecule has 0 aromatic rings. The molecule has 0 fully saturated rings. The maximum Gasteiger partial charge on any atom is 0.0908 e. The average molecular weight is 1660 g/mol. The van der Waals surface area contributed by atoms with E-state index < -0.39 is 0 Å². The van der Waals surface area contributed by atoms with E-state index in [1.807, 2.05) is 104 Å². The summed E-state index contributed by atoms with van der Waals surface area (Å²) in [6, 6.07) is 0. The van der Waals surface area contributed by atoms with E-state index in [1.54, 1.807) is 0 Å². The molecule has 44 N–H and O–H groups in total. The third-order valence-electron chi connectivity index (χ3n) is 17.3. The van der Waals surface area contributed by atoms with Crippen LogP contribution in [0.5, 0.6) is 0 Å². The van der Waals surface area contributed by atoms with Crippen molar-refractivity contribution in [2.45, 2.75) is 423 Å². The van der Waals surface area contributed by atoms with E-state index >= 15 is 0 Å². The third kappa shape index (κ3) is 134. The van der Waals surface area contributed by atoms with Crippen LogP contribution < -0.4 is 63.1 Å². The van der Waals surface area contributed by atoms with Crippen molar-refractivity contribution >= 4 is 64.2 Å². The molecule has 690 valence electrons. The average Bonchev–Trinajstić information content (AvgIpc) is 0.918. The second-order valence-electron chi connectivity index (χ2n) is 31.9. The highest BCUT2D eigenvalue weighted by Gasteiger charge is 2.22. The number of nitrogens with one attached hydrogen (secondary N) is 11. The van der Waals surface area contributed by atoms with Crippen molar-refractivity contribution in [2.24, 2.45) is 98.1 Å². The first-order valence-electron chi connectivity index (χ1n) is 42.0. The number of hydrogen-bond acceptors (Lipinski definition) is 22. The Morgan fingerprint density at radius 3 is 0.809 bits per heavy atom. The number of unbranched alkanes of at least 4 members (excludes halogenated alkanes) is 1. The summed E-state index contributed by atoms with van der Waals surface area (Å²) in [5.41, 5.74) is 56.4. The molecule has 0 aliphatic rings. The van der Waals surface area contributed by atoms with Crippen molar-refractivity contribution in [2.75, 3.05) is 0 Å². The van der Waals surface area contributed by atoms with E-state index in [-0.39, 0.29) is 149 Å². The lowest BCUT2D eigenvalue weighted by molar-refractivity contribution is 0.0574. The van der Waals surface area contributed by atoms with Gasteiger partial charge in [-0.1, -0.05) is 157 Å². The molecule has 33 nitrogen and oxygen atoms in total. The molecule has 0 aliphatic heterocycles. The summed E-state index contributed by atoms with van der Waals surface area (Å²) in [7, 11) is 0. The van der Waals surface area contributed by atoms with Gasteiger partial charge in [0.25, 0.3) is 0 Å². The van der Waals surface area contributed by atoms with E-state index in [9.17, 15) is 40.9 Å². The lowest BCUT2D eigenvalue weighted by atomic mass is 9.86. The van der Waals surface area contributed by atoms with E-state index in [1.165, 1.54) is 0 Å². The molecule has 13 unspecified atom stereocenters. The second-order valence-corrected chi connectivity index (χ2v) is 31.9. The highest BCUT2D eigenvalue weighted by atomic mass is 16.3. The van der Waals surface area contributed by atoms with Crippen LogP contribution >= 0.6 is 0 Å². The molecule has 0 saturated carbocycles. The van der Waals surface area contributed by atoms with Gasteiger partial charge in [-0.25, -0.2) is 0 Å². The molecule has 0 rings (SSSR count). The predicted molar refractivity (Wildman–Crippen MR) is 485 cm³/mol. The van der Waals surface area contributed by atoms with Crippen LogP contribution in [0.15, 0.2) is 0 Å². The minimum Gasteiger partial charge on any atom is -0.393 e. The Hall–Kier alpha value is -6.27. The van der Waals surface area contributed by atoms with Crippen LogP contribution in [-0.2, 0) is 0 Å². The van der Waals surface area contributed by atoms with Crippen molar-refractivity contribution in [1.82, 2.24) is 0 Å². The van der Waals surface area contributed by atoms with Crippen molar-refractivity contribution in [3.63, 3.8) is 0 Å². The topological polar surface area (TPSA) is 771 Å². The molecule has 13 atom stereocenters. The summed E-state index contributed by atoms with van der Waals surface area (Å²) in [6.45, 7) is 35.8. The van der Waals surface area contributed by atoms with E-state index in [0.29, 0.717) is 133 Å². The zero-order chi connectivity index (χ0) is 92.5. The number of hydrogen-bond donors (Lipinski definition) is 33. The molecule has 0 aromatic heterocycles. The molecule has 33 heteroatoms. The molecule has 0 radical (unpaired) electrons. The van der Waals surface area contributed by atoms with Gasteiger partial charge in [0.1, 0.15) is 0 Å². The fourth-order valence-corrected chi connectivity index (χ4v) is 8.90. The lowest BCUT2D eigenvalue weighted by Crippen LogP contribution is -2.27. The maximum absolute atomic E-state index is 9.48. The Kier molecular flexibility index (Phi) is 103. The Balaban J connectivity index is -0.000000115. The summed E-state index contributed by atoms with van der Waals surface area (Å²) in [5, 5.41) is 178. The standard InChI is InChI=1S/6C8H18N2O.4C7H16N2O.C6H14N2O/c1-8(2,3)6(11)4-5-7(9)10;1-6(2)5-7(11)3-4-8(9)10;1-6(2)7(11)4-3-5-8(9)10;1-3-6(2)7(11)4-5-8(9)10;1-2-4-7(11)5-3-6-8(9)10;1-2-3-4-7(11)5-6-8(9)10;1-5(2)6(10)3-4-7(8)9;1-3-6(10)5(2)4-7(8)9;1-2-6(10)4-3-5-7(8)9;1-2-3-6(10)4-5-7(8)9;1-2-5(9)3-4-6(7)8/h6,11H,4-5H2,1-3H3,(H3,9,10);3*6-7,11H,3-5H2,1-2H3,(H3,9,10);2*7,11H,2-6H2,1H3,(H3,9,10);2*5-6,10H,3-4H2,1-2H3,(H3,8,9);2*6,10H,2-5H2,1H3,(H3,8,9);5,9H,2-4H2,1H3,(H3,7,8). The first-order valence-corrected chi connectivity index (χ1v) is 42.0. The Labute approximate surface area is 697 Å². The van der Waals surface area contributed by atoms with Crippen LogP contribution in [0.1, 0.15) is 356 Å². The zero-order valence-corrected chi connectivity index (χ0v) is 75.5. The third-order valence-corrected chi connectivity index (χ3v) is 17.3. The molecular formula is C82H186N22O11. The van der Waals surface area contributed by atoms with Gasteiger partial charge < -0.3 is 119 Å². The zero-order valence-electron chi connectivity index (χ0n) is 75.5. The van der Waals surface area contributed by atoms with Crippen LogP contribution in [0.3, 0.4) is 0 Å². The van der Waals surface area contributed by atoms with Crippen LogP contribution in [0.2, 0.25) is 0 Å². The molecule has 0 saturated heterocycles. The quantitative estimate of drug-likeness (QED) is 0.0199. The number of rotatable bonds is 52. The highest BCUT2D eigenvalue weighted by molar-refractivity contribution is 5.80. The van der Waals surface area contributed by atoms with Gasteiger partial charge in [0, 0.05) is 70.6 Å². The number of aliphatic hydroxyl groups excluding tert-OH is 11. The summed E-state index contributed by atoms with van der Waals surface area (Å²) in [6.07, 6.45) is 22.5. The largest absolute Gasteiger partial charge is 0.393 e. The Morgan fingerprint density at radius 2 is 0.522 bits per heavy atom. The molecule has 0 heterocycles. The van der Waals surface area contributed by atoms with Crippen LogP contribution in [0.4, 0.5) is 0 Å². The smallest absolute Gasteiger partial charge is 0.0908 e. The SMILES string of the molecule is CC(C)(C)C(O)CCC(=N)N.CC(C)C(O)CCC(=N)N.CC(C)C(O)CCCC(=N)N.CC(C)CC(O)CCC(=N)N.CCC(C)C(O)CCC(=N)N.CCC(O)C(C)CC(=N)N.CCC(O)CCC(=N)N.CCC(O)CCCC(=N)N.CCCC(O)CCC(=N)N.CCCC(O)CCCC(=N)N.CCCCC(O)CCC(=N)N. The van der Waals surface area contributed by atoms with Gasteiger partial charge in [0.05, 0.1) is 131 Å². The Morgan fingerprint density at radius 1 is 0.252 bits per heavy atom. The van der Waals surface area contributed by atoms with Gasteiger partial charge in [-0.3, -0.25) is 59.5 Å². The Bertz CT molecular complexity index is 2340. The van der Waals surface area contributed by atoms with E-state index in [4.69, 9.17) is 138 Å².